The molecule has 0 unspecified atom stereocenters. The molecule has 16 heteroatoms. The number of anilines is 2. The van der Waals surface area contributed by atoms with Crippen LogP contribution in [0.25, 0.3) is 0 Å². The molecule has 6 aromatic rings. The first-order valence-corrected chi connectivity index (χ1v) is 26.8. The molecule has 2 aliphatic heterocycles. The van der Waals surface area contributed by atoms with Crippen molar-refractivity contribution >= 4 is 53.0 Å². The third-order valence-corrected chi connectivity index (χ3v) is 19.5. The molecule has 0 amide bonds. The van der Waals surface area contributed by atoms with Gasteiger partial charge >= 0.3 is 0 Å². The second-order valence-electron chi connectivity index (χ2n) is 17.7. The molecule has 352 valence electrons. The highest BCUT2D eigenvalue weighted by Gasteiger charge is 2.34. The number of halogens is 2. The molecule has 0 atom stereocenters. The molecule has 2 aliphatic rings. The largest absolute Gasteiger partial charge is 0.345 e. The van der Waals surface area contributed by atoms with E-state index in [1.165, 1.54) is 34.1 Å². The van der Waals surface area contributed by atoms with Gasteiger partial charge < -0.3 is 9.80 Å². The Labute approximate surface area is 398 Å². The molecule has 2 aromatic heterocycles. The standard InChI is InChI=1S/C26H33N3O2S2.C24H27F2N3O2S2/c1-17-7-8-23(14-18(17)2)15-24-16-32-26(27-24)28-9-11-29(12-10-28)33(30,31)25-21(5)19(3)13-20(4)22(25)6;1-15-11-16(2)18(4)23(17(15)3)33(30,31)29-9-7-28(8-10-29)24-27-20(14-32-24)12-19-5-6-21(25)22(26)13-19/h7-8,13-14,16H,9-12,15H2,1-6H3;5-6,11,13-14H,7-10,12H2,1-4H3. The van der Waals surface area contributed by atoms with Gasteiger partial charge in [-0.3, -0.25) is 0 Å². The Hall–Kier alpha value is -4.58. The molecular weight excluding hydrogens is 915 g/mol. The van der Waals surface area contributed by atoms with Crippen LogP contribution in [0.2, 0.25) is 0 Å². The highest BCUT2D eigenvalue weighted by Crippen LogP contribution is 2.33. The lowest BCUT2D eigenvalue weighted by molar-refractivity contribution is 0.383. The van der Waals surface area contributed by atoms with Gasteiger partial charge in [0.2, 0.25) is 20.0 Å². The number of aryl methyl sites for hydroxylation is 6. The number of rotatable bonds is 10. The SMILES string of the molecule is Cc1cc(C)c(C)c(S(=O)(=O)N2CCN(c3nc(Cc4ccc(F)c(F)c4)cs3)CC2)c1C.Cc1ccc(Cc2csc(N3CCN(S(=O)(=O)c4c(C)c(C)cc(C)c4C)CC3)n2)cc1C. The number of benzene rings is 4. The number of hydrogen-bond donors (Lipinski definition) is 0. The van der Waals surface area contributed by atoms with E-state index < -0.39 is 31.7 Å². The summed E-state index contributed by atoms with van der Waals surface area (Å²) < 4.78 is 83.8. The van der Waals surface area contributed by atoms with Gasteiger partial charge in [-0.15, -0.1) is 22.7 Å². The van der Waals surface area contributed by atoms with Gasteiger partial charge in [0.25, 0.3) is 0 Å². The van der Waals surface area contributed by atoms with Gasteiger partial charge in [0.1, 0.15) is 0 Å². The highest BCUT2D eigenvalue weighted by molar-refractivity contribution is 7.89. The van der Waals surface area contributed by atoms with Crippen LogP contribution in [0.1, 0.15) is 78.1 Å². The molecule has 0 radical (unpaired) electrons. The van der Waals surface area contributed by atoms with Crippen LogP contribution in [-0.4, -0.2) is 87.8 Å². The molecule has 2 saturated heterocycles. The topological polar surface area (TPSA) is 107 Å². The van der Waals surface area contributed by atoms with Crippen molar-refractivity contribution in [2.75, 3.05) is 62.2 Å². The highest BCUT2D eigenvalue weighted by atomic mass is 32.2. The van der Waals surface area contributed by atoms with Crippen LogP contribution >= 0.6 is 22.7 Å². The zero-order valence-electron chi connectivity index (χ0n) is 39.5. The van der Waals surface area contributed by atoms with Crippen molar-refractivity contribution in [3.8, 4) is 0 Å². The molecule has 0 saturated carbocycles. The van der Waals surface area contributed by atoms with Gasteiger partial charge in [0, 0.05) is 76.0 Å². The maximum atomic E-state index is 13.5. The molecule has 4 heterocycles. The fourth-order valence-corrected chi connectivity index (χ4v) is 14.4. The fraction of sp³-hybridized carbons (Fsp3) is 0.400. The first-order chi connectivity index (χ1) is 31.1. The van der Waals surface area contributed by atoms with Crippen molar-refractivity contribution in [1.82, 2.24) is 18.6 Å². The van der Waals surface area contributed by atoms with Crippen LogP contribution in [0.5, 0.6) is 0 Å². The molecule has 10 nitrogen and oxygen atoms in total. The van der Waals surface area contributed by atoms with E-state index in [2.05, 4.69) is 58.3 Å². The van der Waals surface area contributed by atoms with Crippen LogP contribution in [0, 0.1) is 80.9 Å². The number of piperazine rings is 2. The van der Waals surface area contributed by atoms with Gasteiger partial charge in [0.05, 0.1) is 21.2 Å². The second-order valence-corrected chi connectivity index (χ2v) is 23.1. The molecule has 0 aliphatic carbocycles. The third kappa shape index (κ3) is 10.4. The Bertz CT molecular complexity index is 2740. The Morgan fingerprint density at radius 3 is 1.23 bits per heavy atom. The Kier molecular flexibility index (Phi) is 14.9. The Balaban J connectivity index is 0.000000196. The van der Waals surface area contributed by atoms with Crippen LogP contribution in [0.4, 0.5) is 19.0 Å². The number of hydrogen-bond acceptors (Lipinski definition) is 10. The van der Waals surface area contributed by atoms with Crippen molar-refractivity contribution in [2.45, 2.75) is 91.9 Å². The Morgan fingerprint density at radius 1 is 0.470 bits per heavy atom. The van der Waals surface area contributed by atoms with E-state index in [9.17, 15) is 25.6 Å². The van der Waals surface area contributed by atoms with E-state index >= 15 is 0 Å². The third-order valence-electron chi connectivity index (χ3n) is 13.2. The summed E-state index contributed by atoms with van der Waals surface area (Å²) in [6, 6.07) is 14.5. The van der Waals surface area contributed by atoms with E-state index in [-0.39, 0.29) is 0 Å². The smallest absolute Gasteiger partial charge is 0.243 e. The molecular formula is C50H60F2N6O4S4. The summed E-state index contributed by atoms with van der Waals surface area (Å²) >= 11 is 3.12. The molecule has 66 heavy (non-hydrogen) atoms. The number of sulfonamides is 2. The Morgan fingerprint density at radius 2 is 0.848 bits per heavy atom. The summed E-state index contributed by atoms with van der Waals surface area (Å²) in [4.78, 5) is 14.7. The summed E-state index contributed by atoms with van der Waals surface area (Å²) in [6.07, 6.45) is 1.23. The summed E-state index contributed by atoms with van der Waals surface area (Å²) in [6.45, 7) is 23.8. The zero-order chi connectivity index (χ0) is 47.8. The summed E-state index contributed by atoms with van der Waals surface area (Å²) in [7, 11) is -7.12. The molecule has 4 aromatic carbocycles. The number of aromatic nitrogens is 2. The second kappa shape index (κ2) is 19.9. The minimum absolute atomic E-state index is 0.381. The van der Waals surface area contributed by atoms with E-state index in [4.69, 9.17) is 4.98 Å². The minimum atomic E-state index is -3.59. The zero-order valence-corrected chi connectivity index (χ0v) is 42.8. The van der Waals surface area contributed by atoms with E-state index in [0.717, 1.165) is 78.6 Å². The van der Waals surface area contributed by atoms with Crippen LogP contribution in [0.3, 0.4) is 0 Å². The summed E-state index contributed by atoms with van der Waals surface area (Å²) in [5.41, 5.74) is 13.7. The normalized spacial score (nSPS) is 15.3. The minimum Gasteiger partial charge on any atom is -0.345 e. The predicted molar refractivity (Wildman–Crippen MR) is 265 cm³/mol. The van der Waals surface area contributed by atoms with Crippen LogP contribution < -0.4 is 9.80 Å². The van der Waals surface area contributed by atoms with Gasteiger partial charge in [0.15, 0.2) is 21.9 Å². The molecule has 8 rings (SSSR count). The van der Waals surface area contributed by atoms with Gasteiger partial charge in [-0.25, -0.2) is 35.6 Å². The van der Waals surface area contributed by atoms with Gasteiger partial charge in [-0.1, -0.05) is 36.4 Å². The van der Waals surface area contributed by atoms with Crippen molar-refractivity contribution in [2.24, 2.45) is 0 Å². The summed E-state index contributed by atoms with van der Waals surface area (Å²) in [5, 5.41) is 5.81. The van der Waals surface area contributed by atoms with E-state index in [1.807, 2.05) is 66.8 Å². The quantitative estimate of drug-likeness (QED) is 0.134. The lowest BCUT2D eigenvalue weighted by atomic mass is 10.0. The van der Waals surface area contributed by atoms with E-state index in [1.54, 1.807) is 26.0 Å². The number of nitrogens with zero attached hydrogens (tertiary/aromatic N) is 6. The molecule has 2 fully saturated rings. The maximum Gasteiger partial charge on any atom is 0.243 e. The average Bonchev–Trinajstić information content (AvgIpc) is 3.95. The molecule has 0 spiro atoms. The van der Waals surface area contributed by atoms with E-state index in [0.29, 0.717) is 74.1 Å². The maximum absolute atomic E-state index is 13.5. The van der Waals surface area contributed by atoms with Gasteiger partial charge in [-0.05, 0) is 148 Å². The van der Waals surface area contributed by atoms with Crippen molar-refractivity contribution in [1.29, 1.82) is 0 Å². The lowest BCUT2D eigenvalue weighted by Gasteiger charge is -2.34. The van der Waals surface area contributed by atoms with Crippen LogP contribution in [-0.2, 0) is 32.9 Å². The lowest BCUT2D eigenvalue weighted by Crippen LogP contribution is -2.49. The van der Waals surface area contributed by atoms with Gasteiger partial charge in [-0.2, -0.15) is 8.61 Å². The molecule has 0 bridgehead atoms. The van der Waals surface area contributed by atoms with Crippen LogP contribution in [0.15, 0.2) is 69.1 Å². The summed E-state index contributed by atoms with van der Waals surface area (Å²) in [5.74, 6) is -1.73. The average molecular weight is 975 g/mol. The monoisotopic (exact) mass is 974 g/mol. The first kappa shape index (κ1) is 49.3. The fourth-order valence-electron chi connectivity index (χ4n) is 8.66. The van der Waals surface area contributed by atoms with Crippen molar-refractivity contribution < 1.29 is 25.6 Å². The predicted octanol–water partition coefficient (Wildman–Crippen LogP) is 9.85. The number of thiazole rings is 2. The first-order valence-electron chi connectivity index (χ1n) is 22.2. The van der Waals surface area contributed by atoms with Crippen molar-refractivity contribution in [3.63, 3.8) is 0 Å². The molecule has 0 N–H and O–H groups in total. The van der Waals surface area contributed by atoms with Crippen molar-refractivity contribution in [3.05, 3.63) is 149 Å².